The minimum Gasteiger partial charge on any atom is -0.508 e. The highest BCUT2D eigenvalue weighted by Gasteiger charge is 2.73. The zero-order valence-corrected chi connectivity index (χ0v) is 22.6. The Hall–Kier alpha value is -3.36. The van der Waals surface area contributed by atoms with E-state index in [0.717, 1.165) is 24.3 Å². The number of aromatic hydroxyl groups is 1. The number of phenols is 1. The summed E-state index contributed by atoms with van der Waals surface area (Å²) in [4.78, 5) is 25.5. The molecule has 230 valence electrons. The average Bonchev–Trinajstić information content (AvgIpc) is 3.39. The zero-order chi connectivity index (χ0) is 31.3. The number of aliphatic carboxylic acids is 1. The monoisotopic (exact) mass is 625 g/mol. The van der Waals surface area contributed by atoms with Crippen LogP contribution in [-0.2, 0) is 29.8 Å². The van der Waals surface area contributed by atoms with Crippen LogP contribution in [0.4, 0.5) is 30.7 Å². The molecule has 1 saturated heterocycles. The van der Waals surface area contributed by atoms with Crippen molar-refractivity contribution >= 4 is 21.7 Å². The molecule has 1 amide bonds. The van der Waals surface area contributed by atoms with E-state index >= 15 is 0 Å². The Morgan fingerprint density at radius 3 is 1.79 bits per heavy atom. The highest BCUT2D eigenvalue weighted by molar-refractivity contribution is 7.92. The van der Waals surface area contributed by atoms with Gasteiger partial charge in [0, 0.05) is 24.6 Å². The zero-order valence-electron chi connectivity index (χ0n) is 21.8. The third-order valence-electron chi connectivity index (χ3n) is 8.22. The molecular formula is C27H26F7NO6S. The van der Waals surface area contributed by atoms with E-state index in [1.165, 1.54) is 4.90 Å². The van der Waals surface area contributed by atoms with Crippen LogP contribution in [0.15, 0.2) is 53.4 Å². The van der Waals surface area contributed by atoms with E-state index < -0.39 is 68.4 Å². The van der Waals surface area contributed by atoms with Crippen molar-refractivity contribution in [2.75, 3.05) is 13.1 Å². The second-order valence-electron chi connectivity index (χ2n) is 10.6. The number of phenolic OH excluding ortho intramolecular Hbond substituents is 1. The molecule has 2 N–H and O–H groups in total. The highest BCUT2D eigenvalue weighted by Crippen LogP contribution is 2.54. The SMILES string of the molecule is O=C(O)C1CCC(C(=O)N2CCC(c3ccc(C(F)(C(F)(F)F)C(F)(F)F)cc3)(S(=O)(=O)c3ccc(O)cc3)C2)CC1. The van der Waals surface area contributed by atoms with Crippen LogP contribution in [0.25, 0.3) is 0 Å². The van der Waals surface area contributed by atoms with Crippen LogP contribution in [0, 0.1) is 11.8 Å². The molecular weight excluding hydrogens is 599 g/mol. The number of carboxylic acid groups (broad SMARTS) is 1. The van der Waals surface area contributed by atoms with Crippen LogP contribution in [0.2, 0.25) is 0 Å². The van der Waals surface area contributed by atoms with Crippen molar-refractivity contribution < 1.29 is 59.0 Å². The van der Waals surface area contributed by atoms with Crippen molar-refractivity contribution in [1.82, 2.24) is 4.90 Å². The molecule has 0 radical (unpaired) electrons. The number of amides is 1. The van der Waals surface area contributed by atoms with Gasteiger partial charge in [-0.3, -0.25) is 9.59 Å². The Bertz CT molecular complexity index is 1420. The van der Waals surface area contributed by atoms with E-state index in [2.05, 4.69) is 0 Å². The van der Waals surface area contributed by atoms with E-state index in [9.17, 15) is 59.0 Å². The van der Waals surface area contributed by atoms with Crippen LogP contribution in [0.3, 0.4) is 0 Å². The van der Waals surface area contributed by atoms with Crippen molar-refractivity contribution in [3.05, 3.63) is 59.7 Å². The summed E-state index contributed by atoms with van der Waals surface area (Å²) in [6, 6.07) is 6.14. The predicted molar refractivity (Wildman–Crippen MR) is 133 cm³/mol. The van der Waals surface area contributed by atoms with Crippen LogP contribution >= 0.6 is 0 Å². The van der Waals surface area contributed by atoms with Crippen molar-refractivity contribution in [2.24, 2.45) is 11.8 Å². The quantitative estimate of drug-likeness (QED) is 0.412. The molecule has 15 heteroatoms. The van der Waals surface area contributed by atoms with E-state index in [1.807, 2.05) is 0 Å². The second kappa shape index (κ2) is 10.7. The van der Waals surface area contributed by atoms with Gasteiger partial charge < -0.3 is 15.1 Å². The first-order valence-electron chi connectivity index (χ1n) is 12.8. The lowest BCUT2D eigenvalue weighted by Gasteiger charge is -2.33. The minimum absolute atomic E-state index is 0.130. The molecule has 2 aromatic carbocycles. The summed E-state index contributed by atoms with van der Waals surface area (Å²) >= 11 is 0. The lowest BCUT2D eigenvalue weighted by molar-refractivity contribution is -0.348. The maximum absolute atomic E-state index is 14.6. The molecule has 0 bridgehead atoms. The van der Waals surface area contributed by atoms with Gasteiger partial charge in [-0.05, 0) is 61.9 Å². The third kappa shape index (κ3) is 5.20. The summed E-state index contributed by atoms with van der Waals surface area (Å²) in [7, 11) is -4.51. The molecule has 7 nitrogen and oxygen atoms in total. The first-order chi connectivity index (χ1) is 19.3. The Balaban J connectivity index is 1.74. The van der Waals surface area contributed by atoms with Gasteiger partial charge in [0.1, 0.15) is 10.5 Å². The third-order valence-corrected chi connectivity index (χ3v) is 10.7. The smallest absolute Gasteiger partial charge is 0.435 e. The van der Waals surface area contributed by atoms with Crippen molar-refractivity contribution in [3.8, 4) is 5.75 Å². The van der Waals surface area contributed by atoms with Gasteiger partial charge in [-0.15, -0.1) is 0 Å². The van der Waals surface area contributed by atoms with E-state index in [0.29, 0.717) is 12.1 Å². The van der Waals surface area contributed by atoms with Gasteiger partial charge in [0.15, 0.2) is 9.84 Å². The van der Waals surface area contributed by atoms with Crippen molar-refractivity contribution in [1.29, 1.82) is 0 Å². The van der Waals surface area contributed by atoms with Gasteiger partial charge in [0.05, 0.1) is 10.8 Å². The number of nitrogens with zero attached hydrogens (tertiary/aromatic N) is 1. The summed E-state index contributed by atoms with van der Waals surface area (Å²) in [6.45, 7) is -0.637. The van der Waals surface area contributed by atoms with Crippen LogP contribution in [0.5, 0.6) is 5.75 Å². The predicted octanol–water partition coefficient (Wildman–Crippen LogP) is 5.47. The fourth-order valence-corrected chi connectivity index (χ4v) is 7.85. The minimum atomic E-state index is -6.36. The Morgan fingerprint density at radius 2 is 1.31 bits per heavy atom. The highest BCUT2D eigenvalue weighted by atomic mass is 32.2. The van der Waals surface area contributed by atoms with E-state index in [1.54, 1.807) is 0 Å². The number of hydrogen-bond donors (Lipinski definition) is 2. The molecule has 1 aliphatic heterocycles. The summed E-state index contributed by atoms with van der Waals surface area (Å²) in [5.74, 6) is -2.92. The van der Waals surface area contributed by atoms with E-state index in [-0.39, 0.29) is 67.0 Å². The second-order valence-corrected chi connectivity index (χ2v) is 12.9. The lowest BCUT2D eigenvalue weighted by Crippen LogP contribution is -2.50. The van der Waals surface area contributed by atoms with Crippen molar-refractivity contribution in [2.45, 2.75) is 59.8 Å². The van der Waals surface area contributed by atoms with Gasteiger partial charge in [-0.25, -0.2) is 12.8 Å². The Kier molecular flexibility index (Phi) is 8.06. The molecule has 0 spiro atoms. The number of likely N-dealkylation sites (tertiary alicyclic amines) is 1. The number of benzene rings is 2. The Labute approximate surface area is 235 Å². The summed E-state index contributed by atoms with van der Waals surface area (Å²) in [6.07, 6.45) is -12.1. The molecule has 2 aliphatic rings. The molecule has 1 saturated carbocycles. The summed E-state index contributed by atoms with van der Waals surface area (Å²) in [5.41, 5.74) is -7.76. The van der Waals surface area contributed by atoms with E-state index in [4.69, 9.17) is 0 Å². The summed E-state index contributed by atoms with van der Waals surface area (Å²) in [5, 5.41) is 18.8. The molecule has 1 unspecified atom stereocenters. The first-order valence-corrected chi connectivity index (χ1v) is 14.3. The number of alkyl halides is 7. The molecule has 42 heavy (non-hydrogen) atoms. The number of hydrogen-bond acceptors (Lipinski definition) is 5. The maximum Gasteiger partial charge on any atom is 0.435 e. The molecule has 4 rings (SSSR count). The fourth-order valence-electron chi connectivity index (χ4n) is 5.77. The summed E-state index contributed by atoms with van der Waals surface area (Å²) < 4.78 is 120. The van der Waals surface area contributed by atoms with Crippen molar-refractivity contribution in [3.63, 3.8) is 0 Å². The lowest BCUT2D eigenvalue weighted by atomic mass is 9.81. The van der Waals surface area contributed by atoms with Crippen LogP contribution in [-0.4, -0.2) is 60.8 Å². The number of carbonyl (C=O) groups is 2. The molecule has 1 heterocycles. The van der Waals surface area contributed by atoms with Crippen LogP contribution < -0.4 is 0 Å². The number of rotatable bonds is 6. The molecule has 1 aliphatic carbocycles. The largest absolute Gasteiger partial charge is 0.508 e. The average molecular weight is 626 g/mol. The van der Waals surface area contributed by atoms with Gasteiger partial charge in [-0.1, -0.05) is 24.3 Å². The Morgan fingerprint density at radius 1 is 0.810 bits per heavy atom. The topological polar surface area (TPSA) is 112 Å². The maximum atomic E-state index is 14.6. The van der Waals surface area contributed by atoms with Gasteiger partial charge in [-0.2, -0.15) is 26.3 Å². The molecule has 2 fully saturated rings. The van der Waals surface area contributed by atoms with Gasteiger partial charge in [0.2, 0.25) is 5.91 Å². The fraction of sp³-hybridized carbons (Fsp3) is 0.481. The molecule has 1 atom stereocenters. The number of carboxylic acids is 1. The number of carbonyl (C=O) groups excluding carboxylic acids is 1. The van der Waals surface area contributed by atoms with Gasteiger partial charge >= 0.3 is 24.0 Å². The molecule has 2 aromatic rings. The first kappa shape index (κ1) is 31.6. The number of halogens is 7. The van der Waals surface area contributed by atoms with Crippen LogP contribution in [0.1, 0.15) is 43.2 Å². The normalized spacial score (nSPS) is 24.0. The standard InChI is InChI=1S/C27H26F7NO6S/c28-25(26(29,30)31,27(32,33)34)19-7-5-18(6-8-19)24(42(40,41)21-11-9-20(36)10-12-21)13-14-35(15-24)22(37)16-1-3-17(4-2-16)23(38)39/h5-12,16-17,36H,1-4,13-15H2,(H,38,39). The molecule has 0 aromatic heterocycles. The van der Waals surface area contributed by atoms with Gasteiger partial charge in [0.25, 0.3) is 0 Å². The number of sulfone groups is 1.